The molecule has 1 fully saturated rings. The van der Waals surface area contributed by atoms with Gasteiger partial charge >= 0.3 is 0 Å². The summed E-state index contributed by atoms with van der Waals surface area (Å²) in [6, 6.07) is 6.97. The first-order valence-corrected chi connectivity index (χ1v) is 6.26. The van der Waals surface area contributed by atoms with Crippen LogP contribution in [0.2, 0.25) is 0 Å². The van der Waals surface area contributed by atoms with Crippen LogP contribution in [0.5, 0.6) is 0 Å². The van der Waals surface area contributed by atoms with Gasteiger partial charge in [-0.25, -0.2) is 5.32 Å². The van der Waals surface area contributed by atoms with Crippen LogP contribution in [0.3, 0.4) is 0 Å². The van der Waals surface area contributed by atoms with Crippen LogP contribution in [0.15, 0.2) is 18.2 Å². The fourth-order valence-electron chi connectivity index (χ4n) is 2.72. The summed E-state index contributed by atoms with van der Waals surface area (Å²) in [4.78, 5) is 0. The molecule has 0 saturated carbocycles. The number of piperidine rings is 1. The Morgan fingerprint density at radius 2 is 2.00 bits per heavy atom. The van der Waals surface area contributed by atoms with Gasteiger partial charge in [-0.05, 0) is 41.9 Å². The first kappa shape index (κ1) is 10.3. The number of hydrogen-bond donors (Lipinski definition) is 0. The molecule has 0 amide bonds. The summed E-state index contributed by atoms with van der Waals surface area (Å²) in [5.41, 5.74) is 4.41. The largest absolute Gasteiger partial charge is 0.376 e. The molecule has 1 aromatic rings. The fourth-order valence-corrected chi connectivity index (χ4v) is 2.72. The Hall–Kier alpha value is -0.860. The molecule has 85 valence electrons. The summed E-state index contributed by atoms with van der Waals surface area (Å²) in [7, 11) is 0. The lowest BCUT2D eigenvalue weighted by Gasteiger charge is -2.24. The van der Waals surface area contributed by atoms with Crippen LogP contribution in [0, 0.1) is 0 Å². The van der Waals surface area contributed by atoms with Gasteiger partial charge in [-0.1, -0.05) is 18.2 Å². The summed E-state index contributed by atoms with van der Waals surface area (Å²) < 4.78 is 5.47. The van der Waals surface area contributed by atoms with Crippen LogP contribution in [0.1, 0.15) is 35.4 Å². The molecule has 0 bridgehead atoms. The number of fused-ring (bicyclic) bond motifs is 1. The van der Waals surface area contributed by atoms with Crippen molar-refractivity contribution < 1.29 is 4.74 Å². The molecule has 0 unspecified atom stereocenters. The van der Waals surface area contributed by atoms with Crippen LogP contribution in [-0.2, 0) is 17.8 Å². The van der Waals surface area contributed by atoms with E-state index in [1.165, 1.54) is 29.5 Å². The third-order valence-electron chi connectivity index (χ3n) is 3.75. The average molecular weight is 216 g/mol. The molecule has 0 aromatic heterocycles. The molecule has 3 rings (SSSR count). The number of ether oxygens (including phenoxy) is 1. The van der Waals surface area contributed by atoms with Crippen LogP contribution >= 0.6 is 0 Å². The van der Waals surface area contributed by atoms with Crippen LogP contribution in [0.25, 0.3) is 0 Å². The highest BCUT2D eigenvalue weighted by molar-refractivity contribution is 5.34. The molecule has 2 aliphatic rings. The monoisotopic (exact) mass is 216 g/mol. The van der Waals surface area contributed by atoms with Crippen molar-refractivity contribution in [2.24, 2.45) is 0 Å². The van der Waals surface area contributed by atoms with Gasteiger partial charge in [0.15, 0.2) is 0 Å². The lowest BCUT2D eigenvalue weighted by molar-refractivity contribution is 0.110. The number of nitrogens with zero attached hydrogens (tertiary/aromatic N) is 1. The highest BCUT2D eigenvalue weighted by Gasteiger charge is 2.17. The second kappa shape index (κ2) is 4.56. The van der Waals surface area contributed by atoms with E-state index in [1.807, 2.05) is 0 Å². The Labute approximate surface area is 97.0 Å². The molecule has 1 radical (unpaired) electrons. The quantitative estimate of drug-likeness (QED) is 0.706. The number of hydrogen-bond acceptors (Lipinski definition) is 1. The fraction of sp³-hybridized carbons (Fsp3) is 0.571. The Balaban J connectivity index is 1.84. The Morgan fingerprint density at radius 3 is 2.88 bits per heavy atom. The smallest absolute Gasteiger partial charge is 0.0719 e. The van der Waals surface area contributed by atoms with Crippen molar-refractivity contribution in [3.8, 4) is 0 Å². The van der Waals surface area contributed by atoms with Crippen molar-refractivity contribution >= 4 is 0 Å². The molecular weight excluding hydrogens is 198 g/mol. The van der Waals surface area contributed by atoms with E-state index >= 15 is 0 Å². The Bertz CT molecular complexity index is 369. The van der Waals surface area contributed by atoms with Gasteiger partial charge in [0.05, 0.1) is 13.2 Å². The first-order chi connectivity index (χ1) is 7.93. The Morgan fingerprint density at radius 1 is 1.12 bits per heavy atom. The number of rotatable bonds is 1. The second-order valence-electron chi connectivity index (χ2n) is 4.78. The summed E-state index contributed by atoms with van der Waals surface area (Å²) in [5.74, 6) is 0.741. The van der Waals surface area contributed by atoms with E-state index in [0.29, 0.717) is 0 Å². The van der Waals surface area contributed by atoms with Crippen molar-refractivity contribution in [1.29, 1.82) is 0 Å². The summed E-state index contributed by atoms with van der Waals surface area (Å²) in [5, 5.41) is 4.42. The topological polar surface area (TPSA) is 23.3 Å². The third kappa shape index (κ3) is 2.00. The zero-order valence-electron chi connectivity index (χ0n) is 9.61. The second-order valence-corrected chi connectivity index (χ2v) is 4.78. The maximum Gasteiger partial charge on any atom is 0.0719 e. The molecule has 0 spiro atoms. The highest BCUT2D eigenvalue weighted by Crippen LogP contribution is 2.28. The molecule has 0 atom stereocenters. The molecule has 0 aliphatic carbocycles. The van der Waals surface area contributed by atoms with E-state index in [-0.39, 0.29) is 0 Å². The molecule has 0 N–H and O–H groups in total. The van der Waals surface area contributed by atoms with E-state index in [0.717, 1.165) is 38.6 Å². The molecule has 2 heterocycles. The van der Waals surface area contributed by atoms with Crippen molar-refractivity contribution in [3.05, 3.63) is 34.9 Å². The summed E-state index contributed by atoms with van der Waals surface area (Å²) >= 11 is 0. The van der Waals surface area contributed by atoms with Crippen LogP contribution < -0.4 is 5.32 Å². The Kier molecular flexibility index (Phi) is 2.94. The van der Waals surface area contributed by atoms with E-state index < -0.39 is 0 Å². The summed E-state index contributed by atoms with van der Waals surface area (Å²) in [6.45, 7) is 3.78. The molecule has 2 heteroatoms. The highest BCUT2D eigenvalue weighted by atomic mass is 16.5. The SMILES string of the molecule is c1cc2c(cc1C1CC[N]CC1)CCOC2. The predicted molar refractivity (Wildman–Crippen MR) is 63.6 cm³/mol. The van der Waals surface area contributed by atoms with Gasteiger partial charge in [0.25, 0.3) is 0 Å². The lowest BCUT2D eigenvalue weighted by Crippen LogP contribution is -2.21. The maximum atomic E-state index is 5.47. The third-order valence-corrected chi connectivity index (χ3v) is 3.75. The van der Waals surface area contributed by atoms with Crippen molar-refractivity contribution in [1.82, 2.24) is 5.32 Å². The molecule has 16 heavy (non-hydrogen) atoms. The molecule has 2 nitrogen and oxygen atoms in total. The van der Waals surface area contributed by atoms with Crippen molar-refractivity contribution in [2.75, 3.05) is 19.7 Å². The van der Waals surface area contributed by atoms with Crippen LogP contribution in [0.4, 0.5) is 0 Å². The lowest BCUT2D eigenvalue weighted by atomic mass is 9.87. The molecule has 1 aromatic carbocycles. The van der Waals surface area contributed by atoms with Gasteiger partial charge in [-0.3, -0.25) is 0 Å². The zero-order valence-corrected chi connectivity index (χ0v) is 9.61. The van der Waals surface area contributed by atoms with Crippen molar-refractivity contribution in [2.45, 2.75) is 31.8 Å². The average Bonchev–Trinajstić information content (AvgIpc) is 2.39. The number of benzene rings is 1. The van der Waals surface area contributed by atoms with Gasteiger partial charge in [0, 0.05) is 13.1 Å². The molecule has 2 aliphatic heterocycles. The predicted octanol–water partition coefficient (Wildman–Crippen LogP) is 2.24. The van der Waals surface area contributed by atoms with E-state index in [9.17, 15) is 0 Å². The zero-order chi connectivity index (χ0) is 10.8. The van der Waals surface area contributed by atoms with Gasteiger partial charge in [0.2, 0.25) is 0 Å². The summed E-state index contributed by atoms with van der Waals surface area (Å²) in [6.07, 6.45) is 3.55. The van der Waals surface area contributed by atoms with Gasteiger partial charge in [-0.2, -0.15) is 0 Å². The minimum atomic E-state index is 0.741. The van der Waals surface area contributed by atoms with Gasteiger partial charge in [-0.15, -0.1) is 0 Å². The van der Waals surface area contributed by atoms with Crippen molar-refractivity contribution in [3.63, 3.8) is 0 Å². The standard InChI is InChI=1S/C14H18NO/c1-2-14-10-16-8-5-13(14)9-12(1)11-3-6-15-7-4-11/h1-2,9,11H,3-8,10H2. The van der Waals surface area contributed by atoms with Gasteiger partial charge in [0.1, 0.15) is 0 Å². The van der Waals surface area contributed by atoms with E-state index in [1.54, 1.807) is 0 Å². The minimum Gasteiger partial charge on any atom is -0.376 e. The molecule has 1 saturated heterocycles. The van der Waals surface area contributed by atoms with E-state index in [2.05, 4.69) is 23.5 Å². The maximum absolute atomic E-state index is 5.47. The minimum absolute atomic E-state index is 0.741. The van der Waals surface area contributed by atoms with Crippen LogP contribution in [-0.4, -0.2) is 19.7 Å². The van der Waals surface area contributed by atoms with Gasteiger partial charge < -0.3 is 4.74 Å². The van der Waals surface area contributed by atoms with E-state index in [4.69, 9.17) is 4.74 Å². The molecular formula is C14H18NO. The normalized spacial score (nSPS) is 21.8. The first-order valence-electron chi connectivity index (χ1n) is 6.26.